The molecule has 0 radical (unpaired) electrons. The third-order valence-corrected chi connectivity index (χ3v) is 3.31. The quantitative estimate of drug-likeness (QED) is 0.849. The van der Waals surface area contributed by atoms with Crippen molar-refractivity contribution in [2.24, 2.45) is 0 Å². The number of nitrogens with zero attached hydrogens (tertiary/aromatic N) is 1. The maximum absolute atomic E-state index is 12.0. The molecule has 0 aliphatic rings. The van der Waals surface area contributed by atoms with Gasteiger partial charge < -0.3 is 9.88 Å². The Kier molecular flexibility index (Phi) is 4.35. The zero-order chi connectivity index (χ0) is 14.5. The van der Waals surface area contributed by atoms with Crippen LogP contribution in [0.4, 0.5) is 5.69 Å². The molecule has 2 aromatic rings. The summed E-state index contributed by atoms with van der Waals surface area (Å²) >= 11 is 0. The topological polar surface area (TPSA) is 51.1 Å². The molecule has 0 saturated heterocycles. The average Bonchev–Trinajstić information content (AvgIpc) is 2.88. The molecule has 1 amide bonds. The summed E-state index contributed by atoms with van der Waals surface area (Å²) in [5, 5.41) is 2.94. The van der Waals surface area contributed by atoms with E-state index in [4.69, 9.17) is 0 Å². The second kappa shape index (κ2) is 6.19. The third-order valence-electron chi connectivity index (χ3n) is 3.31. The lowest BCUT2D eigenvalue weighted by Gasteiger charge is -2.12. The monoisotopic (exact) mass is 270 g/mol. The third kappa shape index (κ3) is 3.15. The molecule has 104 valence electrons. The lowest BCUT2D eigenvalue weighted by Crippen LogP contribution is -2.16. The smallest absolute Gasteiger partial charge is 0.226 e. The van der Waals surface area contributed by atoms with Crippen molar-refractivity contribution in [3.63, 3.8) is 0 Å². The molecule has 1 aromatic heterocycles. The van der Waals surface area contributed by atoms with Gasteiger partial charge in [0.1, 0.15) is 0 Å². The number of carbonyl (C=O) groups excluding carboxylic acids is 2. The number of aromatic nitrogens is 1. The van der Waals surface area contributed by atoms with E-state index in [0.717, 1.165) is 23.1 Å². The van der Waals surface area contributed by atoms with Gasteiger partial charge >= 0.3 is 0 Å². The number of carbonyl (C=O) groups is 2. The molecule has 4 heteroatoms. The minimum Gasteiger partial charge on any atom is -0.345 e. The van der Waals surface area contributed by atoms with Crippen molar-refractivity contribution in [1.82, 2.24) is 4.57 Å². The van der Waals surface area contributed by atoms with Gasteiger partial charge in [0.2, 0.25) is 5.91 Å². The van der Waals surface area contributed by atoms with E-state index in [1.165, 1.54) is 0 Å². The van der Waals surface area contributed by atoms with Gasteiger partial charge in [0, 0.05) is 24.8 Å². The Morgan fingerprint density at radius 3 is 2.55 bits per heavy atom. The fourth-order valence-corrected chi connectivity index (χ4v) is 2.17. The van der Waals surface area contributed by atoms with Gasteiger partial charge in [0.15, 0.2) is 6.29 Å². The zero-order valence-electron chi connectivity index (χ0n) is 11.7. The molecule has 0 fully saturated rings. The van der Waals surface area contributed by atoms with Crippen molar-refractivity contribution in [1.29, 1.82) is 0 Å². The number of hydrogen-bond acceptors (Lipinski definition) is 2. The van der Waals surface area contributed by atoms with Crippen molar-refractivity contribution in [2.45, 2.75) is 26.8 Å². The lowest BCUT2D eigenvalue weighted by molar-refractivity contribution is -0.116. The van der Waals surface area contributed by atoms with E-state index in [1.54, 1.807) is 22.9 Å². The van der Waals surface area contributed by atoms with Gasteiger partial charge in [-0.25, -0.2) is 0 Å². The molecule has 20 heavy (non-hydrogen) atoms. The summed E-state index contributed by atoms with van der Waals surface area (Å²) in [4.78, 5) is 22.8. The van der Waals surface area contributed by atoms with Crippen LogP contribution in [0.5, 0.6) is 0 Å². The highest BCUT2D eigenvalue weighted by Gasteiger charge is 2.08. The Morgan fingerprint density at radius 1 is 1.20 bits per heavy atom. The average molecular weight is 270 g/mol. The Hall–Kier alpha value is -2.36. The standard InChI is InChI=1S/C16H18N2O2/c1-12-5-3-6-13(2)16(12)17-15(20)8-10-18-9-4-7-14(18)11-19/h3-7,9,11H,8,10H2,1-2H3,(H,17,20). The summed E-state index contributed by atoms with van der Waals surface area (Å²) in [5.41, 5.74) is 3.56. The molecular weight excluding hydrogens is 252 g/mol. The number of hydrogen-bond donors (Lipinski definition) is 1. The van der Waals surface area contributed by atoms with Crippen molar-refractivity contribution in [2.75, 3.05) is 5.32 Å². The molecule has 0 unspecified atom stereocenters. The van der Waals surface area contributed by atoms with Crippen LogP contribution in [0.1, 0.15) is 28.0 Å². The molecule has 0 spiro atoms. The number of aryl methyl sites for hydroxylation is 3. The minimum atomic E-state index is -0.0482. The fourth-order valence-electron chi connectivity index (χ4n) is 2.17. The van der Waals surface area contributed by atoms with Crippen LogP contribution in [-0.4, -0.2) is 16.8 Å². The van der Waals surface area contributed by atoms with E-state index in [0.29, 0.717) is 18.7 Å². The van der Waals surface area contributed by atoms with Crippen molar-refractivity contribution < 1.29 is 9.59 Å². The number of amides is 1. The molecule has 0 atom stereocenters. The zero-order valence-corrected chi connectivity index (χ0v) is 11.7. The van der Waals surface area contributed by atoms with Gasteiger partial charge in [-0.1, -0.05) is 18.2 Å². The number of rotatable bonds is 5. The van der Waals surface area contributed by atoms with Gasteiger partial charge in [-0.15, -0.1) is 0 Å². The Balaban J connectivity index is 1.98. The Bertz CT molecular complexity index is 609. The van der Waals surface area contributed by atoms with Crippen LogP contribution in [0.2, 0.25) is 0 Å². The van der Waals surface area contributed by atoms with Crippen LogP contribution in [0.15, 0.2) is 36.5 Å². The molecule has 0 aliphatic carbocycles. The molecule has 2 rings (SSSR count). The summed E-state index contributed by atoms with van der Waals surface area (Å²) in [5.74, 6) is -0.0482. The first-order chi connectivity index (χ1) is 9.61. The van der Waals surface area contributed by atoms with E-state index in [1.807, 2.05) is 32.0 Å². The summed E-state index contributed by atoms with van der Waals surface area (Å²) in [6.07, 6.45) is 2.93. The van der Waals surface area contributed by atoms with E-state index in [9.17, 15) is 9.59 Å². The second-order valence-electron chi connectivity index (χ2n) is 4.81. The van der Waals surface area contributed by atoms with Gasteiger partial charge in [-0.2, -0.15) is 0 Å². The second-order valence-corrected chi connectivity index (χ2v) is 4.81. The summed E-state index contributed by atoms with van der Waals surface area (Å²) in [6, 6.07) is 9.44. The van der Waals surface area contributed by atoms with Crippen LogP contribution in [0.25, 0.3) is 0 Å². The maximum Gasteiger partial charge on any atom is 0.226 e. The van der Waals surface area contributed by atoms with E-state index >= 15 is 0 Å². The van der Waals surface area contributed by atoms with Crippen molar-refractivity contribution >= 4 is 17.9 Å². The number of aldehydes is 1. The number of para-hydroxylation sites is 1. The molecule has 1 heterocycles. The molecule has 0 bridgehead atoms. The molecule has 1 N–H and O–H groups in total. The van der Waals surface area contributed by atoms with Crippen molar-refractivity contribution in [3.8, 4) is 0 Å². The SMILES string of the molecule is Cc1cccc(C)c1NC(=O)CCn1cccc1C=O. The van der Waals surface area contributed by atoms with Crippen LogP contribution < -0.4 is 5.32 Å². The largest absolute Gasteiger partial charge is 0.345 e. The number of benzene rings is 1. The summed E-state index contributed by atoms with van der Waals surface area (Å²) in [7, 11) is 0. The van der Waals surface area contributed by atoms with E-state index in [2.05, 4.69) is 5.32 Å². The van der Waals surface area contributed by atoms with Gasteiger partial charge in [0.25, 0.3) is 0 Å². The normalized spacial score (nSPS) is 10.3. The fraction of sp³-hybridized carbons (Fsp3) is 0.250. The predicted octanol–water partition coefficient (Wildman–Crippen LogP) is 2.95. The lowest BCUT2D eigenvalue weighted by atomic mass is 10.1. The highest BCUT2D eigenvalue weighted by molar-refractivity contribution is 5.92. The first-order valence-corrected chi connectivity index (χ1v) is 6.58. The summed E-state index contributed by atoms with van der Waals surface area (Å²) in [6.45, 7) is 4.44. The molecule has 0 saturated carbocycles. The van der Waals surface area contributed by atoms with Gasteiger partial charge in [-0.05, 0) is 37.1 Å². The first kappa shape index (κ1) is 14.1. The Labute approximate surface area is 118 Å². The number of nitrogens with one attached hydrogen (secondary N) is 1. The number of anilines is 1. The van der Waals surface area contributed by atoms with E-state index in [-0.39, 0.29) is 5.91 Å². The summed E-state index contributed by atoms with van der Waals surface area (Å²) < 4.78 is 1.78. The highest BCUT2D eigenvalue weighted by atomic mass is 16.1. The van der Waals surface area contributed by atoms with Crippen molar-refractivity contribution in [3.05, 3.63) is 53.3 Å². The first-order valence-electron chi connectivity index (χ1n) is 6.58. The van der Waals surface area contributed by atoms with Crippen LogP contribution in [-0.2, 0) is 11.3 Å². The molecular formula is C16H18N2O2. The van der Waals surface area contributed by atoms with Crippen LogP contribution in [0, 0.1) is 13.8 Å². The Morgan fingerprint density at radius 2 is 1.90 bits per heavy atom. The van der Waals surface area contributed by atoms with Crippen LogP contribution in [0.3, 0.4) is 0 Å². The highest BCUT2D eigenvalue weighted by Crippen LogP contribution is 2.19. The minimum absolute atomic E-state index is 0.0482. The van der Waals surface area contributed by atoms with Gasteiger partial charge in [0.05, 0.1) is 5.69 Å². The maximum atomic E-state index is 12.0. The predicted molar refractivity (Wildman–Crippen MR) is 79.0 cm³/mol. The molecule has 0 aliphatic heterocycles. The van der Waals surface area contributed by atoms with Gasteiger partial charge in [-0.3, -0.25) is 9.59 Å². The molecule has 1 aromatic carbocycles. The molecule has 4 nitrogen and oxygen atoms in total. The van der Waals surface area contributed by atoms with E-state index < -0.39 is 0 Å². The van der Waals surface area contributed by atoms with Crippen LogP contribution >= 0.6 is 0 Å².